The molecule has 0 aliphatic heterocycles. The lowest BCUT2D eigenvalue weighted by molar-refractivity contribution is 0.637. The average Bonchev–Trinajstić information content (AvgIpc) is 2.29. The van der Waals surface area contributed by atoms with Crippen molar-refractivity contribution in [3.8, 4) is 0 Å². The zero-order chi connectivity index (χ0) is 12.0. The van der Waals surface area contributed by atoms with Crippen LogP contribution in [0.3, 0.4) is 0 Å². The maximum Gasteiger partial charge on any atom is 0.00766 e. The molecular weight excluding hydrogens is 196 g/mol. The van der Waals surface area contributed by atoms with Crippen molar-refractivity contribution in [1.82, 2.24) is 0 Å². The van der Waals surface area contributed by atoms with Crippen molar-refractivity contribution in [2.75, 3.05) is 0 Å². The third-order valence-electron chi connectivity index (χ3n) is 3.04. The number of hydrogen-bond acceptors (Lipinski definition) is 2. The normalized spacial score (nSPS) is 14.8. The van der Waals surface area contributed by atoms with E-state index in [-0.39, 0.29) is 12.1 Å². The standard InChI is InChI=1S/C14H24N2/c1-3-13(15)9-11-6-5-7-12(8-11)10-14(16)4-2/h5-8,13-14H,3-4,9-10,15-16H2,1-2H3. The Labute approximate surface area is 99.0 Å². The van der Waals surface area contributed by atoms with E-state index in [4.69, 9.17) is 11.5 Å². The molecule has 1 rings (SSSR count). The van der Waals surface area contributed by atoms with E-state index in [0.717, 1.165) is 25.7 Å². The van der Waals surface area contributed by atoms with E-state index in [1.54, 1.807) is 0 Å². The van der Waals surface area contributed by atoms with Gasteiger partial charge in [0, 0.05) is 12.1 Å². The van der Waals surface area contributed by atoms with E-state index in [9.17, 15) is 0 Å². The van der Waals surface area contributed by atoms with E-state index in [0.29, 0.717) is 0 Å². The van der Waals surface area contributed by atoms with Gasteiger partial charge in [0.1, 0.15) is 0 Å². The third-order valence-corrected chi connectivity index (χ3v) is 3.04. The van der Waals surface area contributed by atoms with Gasteiger partial charge in [0.25, 0.3) is 0 Å². The van der Waals surface area contributed by atoms with Crippen LogP contribution in [0, 0.1) is 0 Å². The van der Waals surface area contributed by atoms with Gasteiger partial charge >= 0.3 is 0 Å². The summed E-state index contributed by atoms with van der Waals surface area (Å²) in [5.74, 6) is 0. The van der Waals surface area contributed by atoms with Crippen molar-refractivity contribution in [2.45, 2.75) is 51.6 Å². The van der Waals surface area contributed by atoms with Crippen LogP contribution in [0.25, 0.3) is 0 Å². The van der Waals surface area contributed by atoms with Gasteiger partial charge in [0.2, 0.25) is 0 Å². The Morgan fingerprint density at radius 2 is 1.38 bits per heavy atom. The van der Waals surface area contributed by atoms with Crippen LogP contribution in [-0.2, 0) is 12.8 Å². The second-order valence-corrected chi connectivity index (χ2v) is 4.56. The Morgan fingerprint density at radius 1 is 0.938 bits per heavy atom. The van der Waals surface area contributed by atoms with Crippen LogP contribution in [0.5, 0.6) is 0 Å². The minimum atomic E-state index is 0.273. The summed E-state index contributed by atoms with van der Waals surface area (Å²) in [6, 6.07) is 9.19. The Bertz CT molecular complexity index is 282. The fraction of sp³-hybridized carbons (Fsp3) is 0.571. The SMILES string of the molecule is CCC(N)Cc1cccc(CC(N)CC)c1. The van der Waals surface area contributed by atoms with Crippen LogP contribution < -0.4 is 11.5 Å². The quantitative estimate of drug-likeness (QED) is 0.772. The fourth-order valence-electron chi connectivity index (χ4n) is 1.78. The van der Waals surface area contributed by atoms with Gasteiger partial charge < -0.3 is 11.5 Å². The van der Waals surface area contributed by atoms with Gasteiger partial charge in [-0.3, -0.25) is 0 Å². The molecule has 2 heteroatoms. The lowest BCUT2D eigenvalue weighted by Crippen LogP contribution is -2.22. The highest BCUT2D eigenvalue weighted by Crippen LogP contribution is 2.10. The smallest absolute Gasteiger partial charge is 0.00766 e. The van der Waals surface area contributed by atoms with Crippen LogP contribution in [0.15, 0.2) is 24.3 Å². The lowest BCUT2D eigenvalue weighted by atomic mass is 9.99. The molecule has 1 aromatic rings. The number of rotatable bonds is 6. The van der Waals surface area contributed by atoms with Gasteiger partial charge in [0.15, 0.2) is 0 Å². The second-order valence-electron chi connectivity index (χ2n) is 4.56. The largest absolute Gasteiger partial charge is 0.327 e. The molecule has 0 amide bonds. The molecule has 1 aromatic carbocycles. The van der Waals surface area contributed by atoms with Gasteiger partial charge in [-0.05, 0) is 36.8 Å². The molecule has 2 unspecified atom stereocenters. The van der Waals surface area contributed by atoms with Crippen LogP contribution in [-0.4, -0.2) is 12.1 Å². The maximum absolute atomic E-state index is 5.96. The summed E-state index contributed by atoms with van der Waals surface area (Å²) in [6.07, 6.45) is 3.98. The summed E-state index contributed by atoms with van der Waals surface area (Å²) in [6.45, 7) is 4.25. The molecule has 2 atom stereocenters. The average molecular weight is 220 g/mol. The molecule has 16 heavy (non-hydrogen) atoms. The Morgan fingerprint density at radius 3 is 1.75 bits per heavy atom. The summed E-state index contributed by atoms with van der Waals surface area (Å²) in [4.78, 5) is 0. The summed E-state index contributed by atoms with van der Waals surface area (Å²) in [5, 5.41) is 0. The molecule has 0 aromatic heterocycles. The number of hydrogen-bond donors (Lipinski definition) is 2. The van der Waals surface area contributed by atoms with Crippen molar-refractivity contribution >= 4 is 0 Å². The minimum Gasteiger partial charge on any atom is -0.327 e. The molecule has 90 valence electrons. The minimum absolute atomic E-state index is 0.273. The van der Waals surface area contributed by atoms with Crippen molar-refractivity contribution in [3.63, 3.8) is 0 Å². The van der Waals surface area contributed by atoms with E-state index < -0.39 is 0 Å². The molecule has 0 fully saturated rings. The molecule has 0 saturated carbocycles. The van der Waals surface area contributed by atoms with Crippen LogP contribution >= 0.6 is 0 Å². The molecule has 0 saturated heterocycles. The molecule has 2 nitrogen and oxygen atoms in total. The summed E-state index contributed by atoms with van der Waals surface area (Å²) >= 11 is 0. The van der Waals surface area contributed by atoms with Crippen LogP contribution in [0.4, 0.5) is 0 Å². The van der Waals surface area contributed by atoms with Gasteiger partial charge in [-0.25, -0.2) is 0 Å². The highest BCUT2D eigenvalue weighted by Gasteiger charge is 2.04. The Hall–Kier alpha value is -0.860. The topological polar surface area (TPSA) is 52.0 Å². The zero-order valence-corrected chi connectivity index (χ0v) is 10.4. The summed E-state index contributed by atoms with van der Waals surface area (Å²) in [5.41, 5.74) is 14.6. The predicted molar refractivity (Wildman–Crippen MR) is 70.4 cm³/mol. The molecule has 0 spiro atoms. The summed E-state index contributed by atoms with van der Waals surface area (Å²) < 4.78 is 0. The summed E-state index contributed by atoms with van der Waals surface area (Å²) in [7, 11) is 0. The van der Waals surface area contributed by atoms with Crippen molar-refractivity contribution in [2.24, 2.45) is 11.5 Å². The number of nitrogens with two attached hydrogens (primary N) is 2. The lowest BCUT2D eigenvalue weighted by Gasteiger charge is -2.12. The molecule has 0 heterocycles. The highest BCUT2D eigenvalue weighted by molar-refractivity contribution is 5.24. The van der Waals surface area contributed by atoms with Gasteiger partial charge in [-0.15, -0.1) is 0 Å². The van der Waals surface area contributed by atoms with E-state index in [1.807, 2.05) is 0 Å². The van der Waals surface area contributed by atoms with E-state index in [2.05, 4.69) is 38.1 Å². The van der Waals surface area contributed by atoms with Crippen LogP contribution in [0.2, 0.25) is 0 Å². The van der Waals surface area contributed by atoms with E-state index in [1.165, 1.54) is 11.1 Å². The van der Waals surface area contributed by atoms with Crippen molar-refractivity contribution in [1.29, 1.82) is 0 Å². The third kappa shape index (κ3) is 4.33. The highest BCUT2D eigenvalue weighted by atomic mass is 14.6. The van der Waals surface area contributed by atoms with Crippen LogP contribution in [0.1, 0.15) is 37.8 Å². The number of benzene rings is 1. The first-order valence-electron chi connectivity index (χ1n) is 6.24. The van der Waals surface area contributed by atoms with E-state index >= 15 is 0 Å². The fourth-order valence-corrected chi connectivity index (χ4v) is 1.78. The second kappa shape index (κ2) is 6.66. The van der Waals surface area contributed by atoms with Gasteiger partial charge in [-0.1, -0.05) is 38.1 Å². The molecule has 0 radical (unpaired) electrons. The van der Waals surface area contributed by atoms with Gasteiger partial charge in [-0.2, -0.15) is 0 Å². The Kier molecular flexibility index (Phi) is 5.50. The van der Waals surface area contributed by atoms with Crippen molar-refractivity contribution in [3.05, 3.63) is 35.4 Å². The zero-order valence-electron chi connectivity index (χ0n) is 10.4. The molecule has 4 N–H and O–H groups in total. The van der Waals surface area contributed by atoms with Gasteiger partial charge in [0.05, 0.1) is 0 Å². The molecular formula is C14H24N2. The predicted octanol–water partition coefficient (Wildman–Crippen LogP) is 2.25. The first-order chi connectivity index (χ1) is 7.65. The first-order valence-corrected chi connectivity index (χ1v) is 6.24. The molecule has 0 aliphatic rings. The maximum atomic E-state index is 5.96. The monoisotopic (exact) mass is 220 g/mol. The Balaban J connectivity index is 2.63. The molecule has 0 bridgehead atoms. The van der Waals surface area contributed by atoms with Crippen molar-refractivity contribution < 1.29 is 0 Å². The molecule has 0 aliphatic carbocycles. The first kappa shape index (κ1) is 13.2.